The van der Waals surface area contributed by atoms with Gasteiger partial charge in [-0.1, -0.05) is 0 Å². The molecule has 0 amide bonds. The monoisotopic (exact) mass is 237 g/mol. The highest BCUT2D eigenvalue weighted by Gasteiger charge is 2.18. The third kappa shape index (κ3) is 1.96. The number of nitrogens with two attached hydrogens (primary N) is 1. The Kier molecular flexibility index (Phi) is 2.73. The van der Waals surface area contributed by atoms with Crippen molar-refractivity contribution in [1.29, 1.82) is 0 Å². The zero-order chi connectivity index (χ0) is 11.8. The van der Waals surface area contributed by atoms with Gasteiger partial charge in [-0.2, -0.15) is 0 Å². The second-order valence-electron chi connectivity index (χ2n) is 4.39. The van der Waals surface area contributed by atoms with Crippen molar-refractivity contribution in [3.8, 4) is 0 Å². The van der Waals surface area contributed by atoms with E-state index in [1.807, 2.05) is 26.0 Å². The van der Waals surface area contributed by atoms with Gasteiger partial charge in [-0.15, -0.1) is 11.3 Å². The van der Waals surface area contributed by atoms with Gasteiger partial charge in [0.05, 0.1) is 33.7 Å². The summed E-state index contributed by atoms with van der Waals surface area (Å²) in [6, 6.07) is 3.91. The Morgan fingerprint density at radius 3 is 2.94 bits per heavy atom. The maximum absolute atomic E-state index is 9.20. The molecule has 0 aliphatic heterocycles. The lowest BCUT2D eigenvalue weighted by molar-refractivity contribution is 0.234. The number of anilines is 2. The normalized spacial score (nSPS) is 11.9. The average molecular weight is 237 g/mol. The number of nitrogen functional groups attached to an aromatic ring is 1. The van der Waals surface area contributed by atoms with Gasteiger partial charge in [-0.05, 0) is 26.0 Å². The van der Waals surface area contributed by atoms with Crippen LogP contribution >= 0.6 is 11.3 Å². The Labute approximate surface area is 98.1 Å². The quantitative estimate of drug-likeness (QED) is 0.715. The van der Waals surface area contributed by atoms with Crippen molar-refractivity contribution in [1.82, 2.24) is 4.98 Å². The highest BCUT2D eigenvalue weighted by molar-refractivity contribution is 7.16. The van der Waals surface area contributed by atoms with E-state index in [1.54, 1.807) is 16.8 Å². The molecule has 4 nitrogen and oxygen atoms in total. The molecule has 0 unspecified atom stereocenters. The Morgan fingerprint density at radius 1 is 1.50 bits per heavy atom. The van der Waals surface area contributed by atoms with E-state index in [0.717, 1.165) is 15.9 Å². The zero-order valence-electron chi connectivity index (χ0n) is 9.32. The van der Waals surface area contributed by atoms with E-state index in [4.69, 9.17) is 5.73 Å². The van der Waals surface area contributed by atoms with Gasteiger partial charge in [0.25, 0.3) is 0 Å². The second kappa shape index (κ2) is 3.92. The van der Waals surface area contributed by atoms with Crippen LogP contribution in [0.3, 0.4) is 0 Å². The van der Waals surface area contributed by atoms with Gasteiger partial charge in [0.2, 0.25) is 0 Å². The molecule has 1 aromatic heterocycles. The van der Waals surface area contributed by atoms with Crippen LogP contribution < -0.4 is 11.1 Å². The predicted octanol–water partition coefficient (Wildman–Crippen LogP) is 2.06. The molecule has 4 N–H and O–H groups in total. The first-order valence-corrected chi connectivity index (χ1v) is 5.92. The summed E-state index contributed by atoms with van der Waals surface area (Å²) in [6.45, 7) is 3.87. The Morgan fingerprint density at radius 2 is 2.25 bits per heavy atom. The molecule has 86 valence electrons. The van der Waals surface area contributed by atoms with E-state index < -0.39 is 5.54 Å². The number of nitrogens with one attached hydrogen (secondary N) is 1. The first-order chi connectivity index (χ1) is 7.53. The summed E-state index contributed by atoms with van der Waals surface area (Å²) in [7, 11) is 0. The van der Waals surface area contributed by atoms with Crippen molar-refractivity contribution in [3.63, 3.8) is 0 Å². The molecule has 0 aliphatic rings. The molecule has 0 radical (unpaired) electrons. The third-order valence-corrected chi connectivity index (χ3v) is 3.20. The van der Waals surface area contributed by atoms with Crippen molar-refractivity contribution in [3.05, 3.63) is 17.6 Å². The van der Waals surface area contributed by atoms with Gasteiger partial charge in [-0.25, -0.2) is 4.98 Å². The predicted molar refractivity (Wildman–Crippen MR) is 68.8 cm³/mol. The second-order valence-corrected chi connectivity index (χ2v) is 5.28. The number of thiazole rings is 1. The number of fused-ring (bicyclic) bond motifs is 1. The van der Waals surface area contributed by atoms with Crippen molar-refractivity contribution < 1.29 is 5.11 Å². The third-order valence-electron chi connectivity index (χ3n) is 2.41. The highest BCUT2D eigenvalue weighted by atomic mass is 32.1. The van der Waals surface area contributed by atoms with Crippen molar-refractivity contribution in [2.75, 3.05) is 17.7 Å². The Bertz CT molecular complexity index is 507. The number of hydrogen-bond acceptors (Lipinski definition) is 5. The fraction of sp³-hybridized carbons (Fsp3) is 0.364. The number of benzene rings is 1. The summed E-state index contributed by atoms with van der Waals surface area (Å²) in [5, 5.41) is 12.4. The SMILES string of the molecule is CC(C)(CO)Nc1ccc2scnc2c1N. The van der Waals surface area contributed by atoms with Gasteiger partial charge < -0.3 is 16.2 Å². The fourth-order valence-corrected chi connectivity index (χ4v) is 2.16. The smallest absolute Gasteiger partial charge is 0.106 e. The lowest BCUT2D eigenvalue weighted by Crippen LogP contribution is -2.35. The molecular weight excluding hydrogens is 222 g/mol. The maximum atomic E-state index is 9.20. The molecule has 0 saturated heterocycles. The van der Waals surface area contributed by atoms with Gasteiger partial charge in [0.15, 0.2) is 0 Å². The van der Waals surface area contributed by atoms with Crippen molar-refractivity contribution >= 4 is 32.9 Å². The van der Waals surface area contributed by atoms with Crippen LogP contribution in [0.2, 0.25) is 0 Å². The van der Waals surface area contributed by atoms with Gasteiger partial charge >= 0.3 is 0 Å². The van der Waals surface area contributed by atoms with Gasteiger partial charge in [-0.3, -0.25) is 0 Å². The molecule has 0 atom stereocenters. The summed E-state index contributed by atoms with van der Waals surface area (Å²) >= 11 is 1.57. The summed E-state index contributed by atoms with van der Waals surface area (Å²) in [5.74, 6) is 0. The number of aliphatic hydroxyl groups excluding tert-OH is 1. The maximum Gasteiger partial charge on any atom is 0.106 e. The topological polar surface area (TPSA) is 71.2 Å². The molecule has 0 bridgehead atoms. The molecular formula is C11H15N3OS. The molecule has 2 rings (SSSR count). The Balaban J connectivity index is 2.41. The first-order valence-electron chi connectivity index (χ1n) is 5.04. The minimum absolute atomic E-state index is 0.0432. The van der Waals surface area contributed by atoms with Crippen LogP contribution in [-0.2, 0) is 0 Å². The van der Waals surface area contributed by atoms with E-state index in [0.29, 0.717) is 5.69 Å². The molecule has 0 saturated carbocycles. The number of aliphatic hydroxyl groups is 1. The molecule has 0 fully saturated rings. The summed E-state index contributed by atoms with van der Waals surface area (Å²) < 4.78 is 1.07. The van der Waals surface area contributed by atoms with Gasteiger partial charge in [0.1, 0.15) is 5.52 Å². The van der Waals surface area contributed by atoms with E-state index in [1.165, 1.54) is 0 Å². The molecule has 5 heteroatoms. The van der Waals surface area contributed by atoms with E-state index in [2.05, 4.69) is 10.3 Å². The number of aromatic nitrogens is 1. The lowest BCUT2D eigenvalue weighted by Gasteiger charge is -2.25. The molecule has 1 aromatic carbocycles. The van der Waals surface area contributed by atoms with Crippen LogP contribution in [0.5, 0.6) is 0 Å². The zero-order valence-corrected chi connectivity index (χ0v) is 10.1. The van der Waals surface area contributed by atoms with Crippen LogP contribution in [0.1, 0.15) is 13.8 Å². The van der Waals surface area contributed by atoms with Crippen molar-refractivity contribution in [2.45, 2.75) is 19.4 Å². The van der Waals surface area contributed by atoms with Crippen molar-refractivity contribution in [2.24, 2.45) is 0 Å². The van der Waals surface area contributed by atoms with Crippen LogP contribution in [0.25, 0.3) is 10.2 Å². The summed E-state index contributed by atoms with van der Waals surface area (Å²) in [5.41, 5.74) is 9.69. The molecule has 2 aromatic rings. The number of rotatable bonds is 3. The Hall–Kier alpha value is -1.33. The van der Waals surface area contributed by atoms with Gasteiger partial charge in [0, 0.05) is 0 Å². The minimum Gasteiger partial charge on any atom is -0.395 e. The fourth-order valence-electron chi connectivity index (χ4n) is 1.47. The molecule has 1 heterocycles. The number of nitrogens with zero attached hydrogens (tertiary/aromatic N) is 1. The summed E-state index contributed by atoms with van der Waals surface area (Å²) in [6.07, 6.45) is 0. The highest BCUT2D eigenvalue weighted by Crippen LogP contribution is 2.31. The van der Waals surface area contributed by atoms with Crippen LogP contribution in [-0.4, -0.2) is 22.2 Å². The minimum atomic E-state index is -0.391. The first kappa shape index (κ1) is 11.2. The van der Waals surface area contributed by atoms with Crippen LogP contribution in [0.4, 0.5) is 11.4 Å². The molecule has 16 heavy (non-hydrogen) atoms. The van der Waals surface area contributed by atoms with E-state index in [9.17, 15) is 5.11 Å². The molecule has 0 spiro atoms. The summed E-state index contributed by atoms with van der Waals surface area (Å²) in [4.78, 5) is 4.23. The van der Waals surface area contributed by atoms with E-state index >= 15 is 0 Å². The van der Waals surface area contributed by atoms with E-state index in [-0.39, 0.29) is 6.61 Å². The standard InChI is InChI=1S/C11H15N3OS/c1-11(2,5-15)14-7-3-4-8-10(9(7)12)13-6-16-8/h3-4,6,14-15H,5,12H2,1-2H3. The average Bonchev–Trinajstić information content (AvgIpc) is 2.71. The molecule has 0 aliphatic carbocycles. The van der Waals surface area contributed by atoms with Crippen LogP contribution in [0.15, 0.2) is 17.6 Å². The van der Waals surface area contributed by atoms with Crippen LogP contribution in [0, 0.1) is 0 Å². The lowest BCUT2D eigenvalue weighted by atomic mass is 10.1. The number of hydrogen-bond donors (Lipinski definition) is 3. The largest absolute Gasteiger partial charge is 0.395 e.